The third-order valence-corrected chi connectivity index (χ3v) is 9.16. The van der Waals surface area contributed by atoms with Gasteiger partial charge < -0.3 is 10.4 Å². The maximum atomic E-state index is 13.1. The lowest BCUT2D eigenvalue weighted by Gasteiger charge is -2.28. The van der Waals surface area contributed by atoms with Gasteiger partial charge in [-0.25, -0.2) is 13.1 Å². The fourth-order valence-corrected chi connectivity index (χ4v) is 7.23. The second-order valence-corrected chi connectivity index (χ2v) is 13.4. The van der Waals surface area contributed by atoms with Crippen molar-refractivity contribution >= 4 is 37.5 Å². The molecule has 2 aromatic carbocycles. The Kier molecular flexibility index (Phi) is 9.48. The van der Waals surface area contributed by atoms with Crippen molar-refractivity contribution in [2.24, 2.45) is 17.8 Å². The van der Waals surface area contributed by atoms with Crippen LogP contribution in [0.25, 0.3) is 10.8 Å². The van der Waals surface area contributed by atoms with Gasteiger partial charge in [0.1, 0.15) is 6.04 Å². The Bertz CT molecular complexity index is 1150. The Morgan fingerprint density at radius 1 is 1.14 bits per heavy atom. The Morgan fingerprint density at radius 3 is 2.43 bits per heavy atom. The molecule has 2 aromatic rings. The van der Waals surface area contributed by atoms with Crippen LogP contribution in [-0.2, 0) is 25.6 Å². The van der Waals surface area contributed by atoms with E-state index in [0.29, 0.717) is 35.5 Å². The highest BCUT2D eigenvalue weighted by atomic mass is 32.2. The zero-order valence-corrected chi connectivity index (χ0v) is 22.6. The third-order valence-electron chi connectivity index (χ3n) is 7.03. The van der Waals surface area contributed by atoms with E-state index in [4.69, 9.17) is 0 Å². The van der Waals surface area contributed by atoms with Gasteiger partial charge >= 0.3 is 0 Å². The van der Waals surface area contributed by atoms with Crippen LogP contribution >= 0.6 is 0 Å². The van der Waals surface area contributed by atoms with E-state index in [1.54, 1.807) is 12.1 Å². The summed E-state index contributed by atoms with van der Waals surface area (Å²) < 4.78 is 39.4. The van der Waals surface area contributed by atoms with Crippen LogP contribution in [0.2, 0.25) is 0 Å². The number of carbonyl (C=O) groups is 1. The molecule has 1 fully saturated rings. The quantitative estimate of drug-likeness (QED) is 0.420. The summed E-state index contributed by atoms with van der Waals surface area (Å²) >= 11 is 0. The van der Waals surface area contributed by atoms with E-state index >= 15 is 0 Å². The first-order valence-electron chi connectivity index (χ1n) is 12.3. The number of carbonyl (C=O) groups excluding carboxylic acids is 1. The summed E-state index contributed by atoms with van der Waals surface area (Å²) in [6.07, 6.45) is 3.54. The number of amides is 1. The van der Waals surface area contributed by atoms with E-state index in [1.165, 1.54) is 0 Å². The number of hydrogen-bond acceptors (Lipinski definition) is 5. The number of aliphatic hydroxyl groups is 1. The molecule has 1 amide bonds. The second kappa shape index (κ2) is 12.0. The standard InChI is InChI=1S/C26H38N2O5S2/c1-5-23(25(29)15-21-13-17(2)12-18(21)3)27-26(30)24(28-35(4,32)33)16-34(31)22-11-10-19-8-6-7-9-20(19)14-22/h6-11,14,17-18,21,23-25,28-29H,5,12-13,15-16H2,1-4H3,(H,27,30). The van der Waals surface area contributed by atoms with Crippen LogP contribution in [0.5, 0.6) is 0 Å². The Hall–Kier alpha value is -1.81. The molecule has 0 saturated heterocycles. The maximum absolute atomic E-state index is 13.1. The molecule has 0 bridgehead atoms. The van der Waals surface area contributed by atoms with Gasteiger partial charge in [-0.1, -0.05) is 51.1 Å². The highest BCUT2D eigenvalue weighted by molar-refractivity contribution is 7.89. The van der Waals surface area contributed by atoms with E-state index in [2.05, 4.69) is 23.9 Å². The molecule has 1 saturated carbocycles. The third kappa shape index (κ3) is 7.84. The monoisotopic (exact) mass is 522 g/mol. The number of aliphatic hydroxyl groups excluding tert-OH is 1. The van der Waals surface area contributed by atoms with Crippen molar-refractivity contribution < 1.29 is 22.5 Å². The minimum absolute atomic E-state index is 0.207. The predicted octanol–water partition coefficient (Wildman–Crippen LogP) is 3.19. The fourth-order valence-electron chi connectivity index (χ4n) is 5.21. The summed E-state index contributed by atoms with van der Waals surface area (Å²) in [5, 5.41) is 15.6. The molecule has 3 rings (SSSR count). The van der Waals surface area contributed by atoms with Gasteiger partial charge in [0.2, 0.25) is 15.9 Å². The van der Waals surface area contributed by atoms with Crippen molar-refractivity contribution in [3.63, 3.8) is 0 Å². The topological polar surface area (TPSA) is 113 Å². The van der Waals surface area contributed by atoms with Gasteiger partial charge in [0.15, 0.2) is 0 Å². The molecule has 7 nitrogen and oxygen atoms in total. The van der Waals surface area contributed by atoms with E-state index in [1.807, 2.05) is 37.3 Å². The van der Waals surface area contributed by atoms with Gasteiger partial charge in [-0.2, -0.15) is 0 Å². The smallest absolute Gasteiger partial charge is 0.239 e. The summed E-state index contributed by atoms with van der Waals surface area (Å²) in [6, 6.07) is 11.3. The Morgan fingerprint density at radius 2 is 1.83 bits per heavy atom. The average Bonchev–Trinajstić information content (AvgIpc) is 3.11. The van der Waals surface area contributed by atoms with E-state index in [-0.39, 0.29) is 5.75 Å². The molecule has 35 heavy (non-hydrogen) atoms. The van der Waals surface area contributed by atoms with Crippen LogP contribution in [-0.4, -0.2) is 53.8 Å². The highest BCUT2D eigenvalue weighted by Crippen LogP contribution is 2.38. The van der Waals surface area contributed by atoms with Crippen LogP contribution in [0.1, 0.15) is 46.5 Å². The van der Waals surface area contributed by atoms with E-state index in [9.17, 15) is 22.5 Å². The van der Waals surface area contributed by atoms with Crippen molar-refractivity contribution in [1.82, 2.24) is 10.0 Å². The second-order valence-electron chi connectivity index (χ2n) is 10.1. The minimum Gasteiger partial charge on any atom is -0.391 e. The van der Waals surface area contributed by atoms with Crippen molar-refractivity contribution in [3.8, 4) is 0 Å². The summed E-state index contributed by atoms with van der Waals surface area (Å²) in [7, 11) is -5.35. The van der Waals surface area contributed by atoms with Crippen molar-refractivity contribution in [3.05, 3.63) is 42.5 Å². The molecule has 1 aliphatic carbocycles. The van der Waals surface area contributed by atoms with Gasteiger partial charge in [0, 0.05) is 4.90 Å². The molecule has 7 atom stereocenters. The minimum atomic E-state index is -3.73. The molecule has 0 aliphatic heterocycles. The van der Waals surface area contributed by atoms with Gasteiger partial charge in [-0.05, 0) is 66.3 Å². The molecule has 0 radical (unpaired) electrons. The Labute approximate surface area is 211 Å². The predicted molar refractivity (Wildman–Crippen MR) is 141 cm³/mol. The normalized spacial score (nSPS) is 24.1. The first kappa shape index (κ1) is 27.8. The molecule has 0 heterocycles. The number of sulfonamides is 1. The lowest BCUT2D eigenvalue weighted by Crippen LogP contribution is -2.54. The van der Waals surface area contributed by atoms with Crippen LogP contribution in [0.4, 0.5) is 0 Å². The molecule has 3 N–H and O–H groups in total. The fraction of sp³-hybridized carbons (Fsp3) is 0.577. The van der Waals surface area contributed by atoms with Gasteiger partial charge in [0.05, 0.1) is 35.0 Å². The lowest BCUT2D eigenvalue weighted by molar-refractivity contribution is -0.124. The molecule has 1 aliphatic rings. The first-order chi connectivity index (χ1) is 16.5. The van der Waals surface area contributed by atoms with E-state index in [0.717, 1.165) is 29.9 Å². The van der Waals surface area contributed by atoms with Gasteiger partial charge in [-0.15, -0.1) is 0 Å². The molecule has 0 aromatic heterocycles. The maximum Gasteiger partial charge on any atom is 0.239 e. The highest BCUT2D eigenvalue weighted by Gasteiger charge is 2.34. The lowest BCUT2D eigenvalue weighted by atomic mass is 9.89. The number of rotatable bonds is 11. The van der Waals surface area contributed by atoms with Crippen LogP contribution in [0.15, 0.2) is 47.4 Å². The van der Waals surface area contributed by atoms with Gasteiger partial charge in [-0.3, -0.25) is 9.00 Å². The number of benzene rings is 2. The van der Waals surface area contributed by atoms with Crippen molar-refractivity contribution in [1.29, 1.82) is 0 Å². The summed E-state index contributed by atoms with van der Waals surface area (Å²) in [4.78, 5) is 13.7. The van der Waals surface area contributed by atoms with Crippen LogP contribution < -0.4 is 10.0 Å². The molecule has 194 valence electrons. The number of nitrogens with one attached hydrogen (secondary N) is 2. The number of hydrogen-bond donors (Lipinski definition) is 3. The van der Waals surface area contributed by atoms with Crippen LogP contribution in [0, 0.1) is 17.8 Å². The molecule has 9 heteroatoms. The van der Waals surface area contributed by atoms with E-state index < -0.39 is 44.9 Å². The van der Waals surface area contributed by atoms with Gasteiger partial charge in [0.25, 0.3) is 0 Å². The average molecular weight is 523 g/mol. The van der Waals surface area contributed by atoms with Crippen molar-refractivity contribution in [2.75, 3.05) is 12.0 Å². The van der Waals surface area contributed by atoms with Crippen molar-refractivity contribution in [2.45, 2.75) is 69.5 Å². The number of fused-ring (bicyclic) bond motifs is 1. The molecular formula is C26H38N2O5S2. The summed E-state index contributed by atoms with van der Waals surface area (Å²) in [5.41, 5.74) is 0. The zero-order chi connectivity index (χ0) is 25.8. The summed E-state index contributed by atoms with van der Waals surface area (Å²) in [6.45, 7) is 6.30. The molecular weight excluding hydrogens is 484 g/mol. The van der Waals surface area contributed by atoms with Crippen LogP contribution in [0.3, 0.4) is 0 Å². The molecule has 7 unspecified atom stereocenters. The molecule has 0 spiro atoms. The Balaban J connectivity index is 1.71. The zero-order valence-electron chi connectivity index (χ0n) is 20.9. The first-order valence-corrected chi connectivity index (χ1v) is 15.5. The SMILES string of the molecule is CCC(NC(=O)C(CS(=O)c1ccc2ccccc2c1)NS(C)(=O)=O)C(O)CC1CC(C)CC1C. The summed E-state index contributed by atoms with van der Waals surface area (Å²) in [5.74, 6) is 0.766. The largest absolute Gasteiger partial charge is 0.391 e.